The first-order valence-corrected chi connectivity index (χ1v) is 9.01. The third kappa shape index (κ3) is 3.29. The number of halogens is 2. The SMILES string of the molecule is O=C(CCn1[nH]c(=O)c2ccccc2c1=O)Nc1nc2c(F)cc(F)cc2s1. The van der Waals surface area contributed by atoms with Crippen molar-refractivity contribution in [3.63, 3.8) is 0 Å². The maximum Gasteiger partial charge on any atom is 0.273 e. The summed E-state index contributed by atoms with van der Waals surface area (Å²) in [6.07, 6.45) is -0.124. The van der Waals surface area contributed by atoms with Crippen LogP contribution in [0.4, 0.5) is 13.9 Å². The number of anilines is 1. The fourth-order valence-electron chi connectivity index (χ4n) is 2.81. The first kappa shape index (κ1) is 18.0. The molecule has 0 atom stereocenters. The van der Waals surface area contributed by atoms with Gasteiger partial charge in [0, 0.05) is 12.5 Å². The Kier molecular flexibility index (Phi) is 4.47. The summed E-state index contributed by atoms with van der Waals surface area (Å²) in [6, 6.07) is 8.23. The van der Waals surface area contributed by atoms with Crippen molar-refractivity contribution in [3.8, 4) is 0 Å². The lowest BCUT2D eigenvalue weighted by atomic mass is 10.2. The maximum absolute atomic E-state index is 13.7. The molecule has 0 aliphatic heterocycles. The number of carbonyl (C=O) groups excluding carboxylic acids is 1. The van der Waals surface area contributed by atoms with Crippen molar-refractivity contribution in [2.75, 3.05) is 5.32 Å². The van der Waals surface area contributed by atoms with Crippen molar-refractivity contribution in [1.82, 2.24) is 14.8 Å². The average molecular weight is 402 g/mol. The molecule has 0 spiro atoms. The normalized spacial score (nSPS) is 11.2. The number of carbonyl (C=O) groups is 1. The lowest BCUT2D eigenvalue weighted by Gasteiger charge is -2.07. The molecule has 10 heteroatoms. The number of H-pyrrole nitrogens is 1. The zero-order valence-electron chi connectivity index (χ0n) is 14.2. The molecular weight excluding hydrogens is 390 g/mol. The number of rotatable bonds is 4. The molecular formula is C18H12F2N4O3S. The Morgan fingerprint density at radius 2 is 1.93 bits per heavy atom. The summed E-state index contributed by atoms with van der Waals surface area (Å²) in [7, 11) is 0. The van der Waals surface area contributed by atoms with Crippen LogP contribution in [0.1, 0.15) is 6.42 Å². The van der Waals surface area contributed by atoms with Gasteiger partial charge in [-0.15, -0.1) is 0 Å². The molecule has 0 saturated heterocycles. The molecule has 28 heavy (non-hydrogen) atoms. The number of hydrogen-bond acceptors (Lipinski definition) is 5. The minimum Gasteiger partial charge on any atom is -0.302 e. The van der Waals surface area contributed by atoms with Crippen LogP contribution in [0.5, 0.6) is 0 Å². The van der Waals surface area contributed by atoms with Crippen molar-refractivity contribution >= 4 is 43.4 Å². The Morgan fingerprint density at radius 3 is 2.71 bits per heavy atom. The zero-order valence-corrected chi connectivity index (χ0v) is 15.0. The highest BCUT2D eigenvalue weighted by molar-refractivity contribution is 7.22. The molecule has 4 rings (SSSR count). The summed E-state index contributed by atoms with van der Waals surface area (Å²) >= 11 is 0.934. The van der Waals surface area contributed by atoms with E-state index in [1.165, 1.54) is 6.07 Å². The molecule has 0 bridgehead atoms. The minimum absolute atomic E-state index is 0.0308. The number of benzene rings is 2. The van der Waals surface area contributed by atoms with Gasteiger partial charge in [0.25, 0.3) is 11.1 Å². The number of thiazole rings is 1. The van der Waals surface area contributed by atoms with Crippen molar-refractivity contribution in [2.24, 2.45) is 0 Å². The van der Waals surface area contributed by atoms with Gasteiger partial charge in [-0.3, -0.25) is 19.5 Å². The van der Waals surface area contributed by atoms with Crippen LogP contribution in [0.3, 0.4) is 0 Å². The number of aromatic amines is 1. The second-order valence-corrected chi connectivity index (χ2v) is 7.03. The van der Waals surface area contributed by atoms with Crippen molar-refractivity contribution in [3.05, 3.63) is 68.7 Å². The van der Waals surface area contributed by atoms with E-state index in [0.717, 1.165) is 28.2 Å². The Labute approximate surface area is 159 Å². The monoisotopic (exact) mass is 402 g/mol. The largest absolute Gasteiger partial charge is 0.302 e. The van der Waals surface area contributed by atoms with Gasteiger partial charge < -0.3 is 5.32 Å². The second-order valence-electron chi connectivity index (χ2n) is 5.99. The van der Waals surface area contributed by atoms with Crippen LogP contribution in [0, 0.1) is 11.6 Å². The lowest BCUT2D eigenvalue weighted by molar-refractivity contribution is -0.116. The number of nitrogens with one attached hydrogen (secondary N) is 2. The van der Waals surface area contributed by atoms with Crippen LogP contribution in [-0.2, 0) is 11.3 Å². The number of aryl methyl sites for hydroxylation is 1. The van der Waals surface area contributed by atoms with Crippen molar-refractivity contribution in [1.29, 1.82) is 0 Å². The van der Waals surface area contributed by atoms with Gasteiger partial charge in [-0.25, -0.2) is 18.4 Å². The average Bonchev–Trinajstić information content (AvgIpc) is 3.06. The highest BCUT2D eigenvalue weighted by Gasteiger charge is 2.13. The highest BCUT2D eigenvalue weighted by atomic mass is 32.1. The van der Waals surface area contributed by atoms with Crippen molar-refractivity contribution in [2.45, 2.75) is 13.0 Å². The van der Waals surface area contributed by atoms with E-state index in [2.05, 4.69) is 15.4 Å². The van der Waals surface area contributed by atoms with Gasteiger partial charge in [0.05, 0.1) is 22.0 Å². The predicted molar refractivity (Wildman–Crippen MR) is 102 cm³/mol. The smallest absolute Gasteiger partial charge is 0.273 e. The van der Waals surface area contributed by atoms with Gasteiger partial charge in [0.1, 0.15) is 11.3 Å². The van der Waals surface area contributed by atoms with Crippen molar-refractivity contribution < 1.29 is 13.6 Å². The summed E-state index contributed by atoms with van der Waals surface area (Å²) in [5, 5.41) is 5.58. The molecule has 2 heterocycles. The van der Waals surface area contributed by atoms with E-state index in [4.69, 9.17) is 0 Å². The van der Waals surface area contributed by atoms with Crippen LogP contribution >= 0.6 is 11.3 Å². The summed E-state index contributed by atoms with van der Waals surface area (Å²) in [4.78, 5) is 40.6. The number of nitrogens with zero attached hydrogens (tertiary/aromatic N) is 2. The third-order valence-corrected chi connectivity index (χ3v) is 5.02. The van der Waals surface area contributed by atoms with Gasteiger partial charge in [0.2, 0.25) is 5.91 Å². The van der Waals surface area contributed by atoms with Crippen LogP contribution in [0.25, 0.3) is 21.0 Å². The first-order chi connectivity index (χ1) is 13.4. The Hall–Kier alpha value is -3.40. The van der Waals surface area contributed by atoms with E-state index in [1.54, 1.807) is 18.2 Å². The summed E-state index contributed by atoms with van der Waals surface area (Å²) in [5.41, 5.74) is -0.878. The predicted octanol–water partition coefficient (Wildman–Crippen LogP) is 2.61. The van der Waals surface area contributed by atoms with E-state index in [9.17, 15) is 23.2 Å². The molecule has 0 aliphatic carbocycles. The van der Waals surface area contributed by atoms with Crippen LogP contribution in [-0.4, -0.2) is 20.7 Å². The molecule has 2 aromatic carbocycles. The molecule has 0 radical (unpaired) electrons. The molecule has 0 aliphatic rings. The molecule has 2 N–H and O–H groups in total. The molecule has 0 saturated carbocycles. The topological polar surface area (TPSA) is 96.9 Å². The lowest BCUT2D eigenvalue weighted by Crippen LogP contribution is -2.31. The molecule has 0 unspecified atom stereocenters. The number of aromatic nitrogens is 3. The Morgan fingerprint density at radius 1 is 1.18 bits per heavy atom. The summed E-state index contributed by atoms with van der Waals surface area (Å²) in [6.45, 7) is -0.0569. The fourth-order valence-corrected chi connectivity index (χ4v) is 3.73. The Bertz CT molecular complexity index is 1340. The molecule has 1 amide bonds. The van der Waals surface area contributed by atoms with Gasteiger partial charge in [0.15, 0.2) is 10.9 Å². The second kappa shape index (κ2) is 6.97. The fraction of sp³-hybridized carbons (Fsp3) is 0.111. The quantitative estimate of drug-likeness (QED) is 0.548. The Balaban J connectivity index is 1.52. The van der Waals surface area contributed by atoms with Gasteiger partial charge in [-0.05, 0) is 18.2 Å². The zero-order chi connectivity index (χ0) is 19.8. The van der Waals surface area contributed by atoms with E-state index in [-0.39, 0.29) is 39.1 Å². The number of hydrogen-bond donors (Lipinski definition) is 2. The van der Waals surface area contributed by atoms with Gasteiger partial charge >= 0.3 is 0 Å². The third-order valence-electron chi connectivity index (χ3n) is 4.11. The van der Waals surface area contributed by atoms with Crippen LogP contribution in [0.2, 0.25) is 0 Å². The maximum atomic E-state index is 13.7. The molecule has 4 aromatic rings. The van der Waals surface area contributed by atoms with E-state index < -0.39 is 28.7 Å². The molecule has 0 fully saturated rings. The minimum atomic E-state index is -0.813. The van der Waals surface area contributed by atoms with Crippen LogP contribution in [0.15, 0.2) is 46.0 Å². The molecule has 2 aromatic heterocycles. The molecule has 142 valence electrons. The summed E-state index contributed by atoms with van der Waals surface area (Å²) < 4.78 is 28.3. The van der Waals surface area contributed by atoms with E-state index in [1.807, 2.05) is 0 Å². The van der Waals surface area contributed by atoms with Gasteiger partial charge in [-0.2, -0.15) is 0 Å². The first-order valence-electron chi connectivity index (χ1n) is 8.19. The number of fused-ring (bicyclic) bond motifs is 2. The standard InChI is InChI=1S/C18H12F2N4O3S/c19-9-7-12(20)15-13(8-9)28-18(22-15)21-14(25)5-6-24-17(27)11-4-2-1-3-10(11)16(26)23-24/h1-4,7-8H,5-6H2,(H,23,26)(H,21,22,25). The molecule has 7 nitrogen and oxygen atoms in total. The highest BCUT2D eigenvalue weighted by Crippen LogP contribution is 2.28. The number of amides is 1. The summed E-state index contributed by atoms with van der Waals surface area (Å²) in [5.74, 6) is -2.03. The van der Waals surface area contributed by atoms with E-state index in [0.29, 0.717) is 0 Å². The van der Waals surface area contributed by atoms with Gasteiger partial charge in [-0.1, -0.05) is 23.5 Å². The van der Waals surface area contributed by atoms with Crippen LogP contribution < -0.4 is 16.4 Å². The van der Waals surface area contributed by atoms with E-state index >= 15 is 0 Å².